The predicted octanol–water partition coefficient (Wildman–Crippen LogP) is 2.12. The van der Waals surface area contributed by atoms with Crippen LogP contribution in [0.1, 0.15) is 31.4 Å². The van der Waals surface area contributed by atoms with Gasteiger partial charge in [-0.2, -0.15) is 0 Å². The lowest BCUT2D eigenvalue weighted by atomic mass is 10.1. The zero-order valence-corrected chi connectivity index (χ0v) is 16.2. The van der Waals surface area contributed by atoms with Gasteiger partial charge in [0.15, 0.2) is 5.11 Å². The van der Waals surface area contributed by atoms with Crippen LogP contribution in [0.5, 0.6) is 0 Å². The van der Waals surface area contributed by atoms with Crippen molar-refractivity contribution in [1.29, 1.82) is 0 Å². The first kappa shape index (κ1) is 19.6. The Bertz CT molecular complexity index is 613. The molecule has 0 bridgehead atoms. The first-order valence-electron chi connectivity index (χ1n) is 8.64. The fourth-order valence-electron chi connectivity index (χ4n) is 2.94. The van der Waals surface area contributed by atoms with E-state index in [0.29, 0.717) is 18.1 Å². The molecule has 0 aromatic heterocycles. The molecule has 2 atom stereocenters. The highest BCUT2D eigenvalue weighted by atomic mass is 32.1. The molecule has 0 saturated carbocycles. The van der Waals surface area contributed by atoms with Gasteiger partial charge in [-0.15, -0.1) is 0 Å². The summed E-state index contributed by atoms with van der Waals surface area (Å²) < 4.78 is 5.70. The molecule has 1 amide bonds. The molecule has 0 aliphatic carbocycles. The van der Waals surface area contributed by atoms with Crippen LogP contribution >= 0.6 is 12.2 Å². The summed E-state index contributed by atoms with van der Waals surface area (Å²) in [6.45, 7) is 10.6. The number of hydrogen-bond donors (Lipinski definition) is 3. The van der Waals surface area contributed by atoms with Crippen molar-refractivity contribution in [2.24, 2.45) is 0 Å². The molecule has 0 unspecified atom stereocenters. The number of morpholine rings is 1. The average Bonchev–Trinajstić information content (AvgIpc) is 2.53. The molecule has 1 fully saturated rings. The van der Waals surface area contributed by atoms with Crippen LogP contribution in [0.2, 0.25) is 0 Å². The van der Waals surface area contributed by atoms with Gasteiger partial charge in [0.1, 0.15) is 0 Å². The van der Waals surface area contributed by atoms with Crippen LogP contribution in [0.4, 0.5) is 5.69 Å². The number of benzene rings is 1. The predicted molar refractivity (Wildman–Crippen MR) is 104 cm³/mol. The van der Waals surface area contributed by atoms with Gasteiger partial charge in [0.25, 0.3) is 0 Å². The number of aryl methyl sites for hydroxylation is 2. The summed E-state index contributed by atoms with van der Waals surface area (Å²) in [7, 11) is 0. The molecule has 1 aromatic rings. The van der Waals surface area contributed by atoms with E-state index in [0.717, 1.165) is 29.9 Å². The molecule has 0 radical (unpaired) electrons. The Morgan fingerprint density at radius 1 is 1.24 bits per heavy atom. The Morgan fingerprint density at radius 3 is 2.60 bits per heavy atom. The Hall–Kier alpha value is -1.70. The van der Waals surface area contributed by atoms with E-state index >= 15 is 0 Å². The fourth-order valence-corrected chi connectivity index (χ4v) is 3.10. The van der Waals surface area contributed by atoms with Crippen LogP contribution < -0.4 is 16.2 Å². The van der Waals surface area contributed by atoms with E-state index in [4.69, 9.17) is 17.0 Å². The Labute approximate surface area is 155 Å². The van der Waals surface area contributed by atoms with E-state index in [1.54, 1.807) is 0 Å². The number of amides is 1. The van der Waals surface area contributed by atoms with E-state index in [-0.39, 0.29) is 18.1 Å². The summed E-state index contributed by atoms with van der Waals surface area (Å²) >= 11 is 5.23. The molecule has 25 heavy (non-hydrogen) atoms. The van der Waals surface area contributed by atoms with Crippen LogP contribution in [0.15, 0.2) is 18.2 Å². The van der Waals surface area contributed by atoms with Gasteiger partial charge < -0.3 is 10.1 Å². The minimum atomic E-state index is -0.0862. The minimum Gasteiger partial charge on any atom is -0.373 e. The van der Waals surface area contributed by atoms with Crippen LogP contribution in [-0.2, 0) is 9.53 Å². The zero-order valence-electron chi connectivity index (χ0n) is 15.4. The summed E-state index contributed by atoms with van der Waals surface area (Å²) in [5.74, 6) is -0.0862. The molecule has 7 heteroatoms. The molecule has 1 heterocycles. The maximum atomic E-state index is 12.0. The fraction of sp³-hybridized carbons (Fsp3) is 0.556. The molecular weight excluding hydrogens is 336 g/mol. The summed E-state index contributed by atoms with van der Waals surface area (Å²) in [6, 6.07) is 6.10. The second-order valence-electron chi connectivity index (χ2n) is 6.71. The number of anilines is 1. The first-order valence-corrected chi connectivity index (χ1v) is 9.05. The topological polar surface area (TPSA) is 65.6 Å². The second kappa shape index (κ2) is 9.12. The van der Waals surface area contributed by atoms with Crippen molar-refractivity contribution in [3.63, 3.8) is 0 Å². The van der Waals surface area contributed by atoms with Gasteiger partial charge >= 0.3 is 0 Å². The zero-order chi connectivity index (χ0) is 18.4. The highest BCUT2D eigenvalue weighted by Gasteiger charge is 2.22. The number of hydrazine groups is 1. The summed E-state index contributed by atoms with van der Waals surface area (Å²) in [5.41, 5.74) is 8.58. The van der Waals surface area contributed by atoms with Crippen molar-refractivity contribution in [1.82, 2.24) is 15.8 Å². The molecule has 1 saturated heterocycles. The maximum Gasteiger partial charge on any atom is 0.239 e. The number of rotatable bonds is 4. The van der Waals surface area contributed by atoms with E-state index in [1.165, 1.54) is 0 Å². The lowest BCUT2D eigenvalue weighted by molar-refractivity contribution is -0.123. The molecule has 2 rings (SSSR count). The molecule has 0 spiro atoms. The van der Waals surface area contributed by atoms with Crippen molar-refractivity contribution in [3.05, 3.63) is 29.3 Å². The van der Waals surface area contributed by atoms with Crippen molar-refractivity contribution in [3.8, 4) is 0 Å². The second-order valence-corrected chi connectivity index (χ2v) is 7.12. The third-order valence-corrected chi connectivity index (χ3v) is 4.31. The van der Waals surface area contributed by atoms with Crippen LogP contribution in [0.3, 0.4) is 0 Å². The smallest absolute Gasteiger partial charge is 0.239 e. The normalized spacial score (nSPS) is 20.8. The monoisotopic (exact) mass is 364 g/mol. The summed E-state index contributed by atoms with van der Waals surface area (Å²) in [5, 5.41) is 3.47. The largest absolute Gasteiger partial charge is 0.373 e. The molecule has 1 aliphatic rings. The summed E-state index contributed by atoms with van der Waals surface area (Å²) in [4.78, 5) is 14.3. The average molecular weight is 365 g/mol. The number of hydrogen-bond acceptors (Lipinski definition) is 4. The van der Waals surface area contributed by atoms with Crippen molar-refractivity contribution >= 4 is 28.9 Å². The number of carbonyl (C=O) groups is 1. The lowest BCUT2D eigenvalue weighted by Gasteiger charge is -2.35. The van der Waals surface area contributed by atoms with Gasteiger partial charge in [0.05, 0.1) is 12.2 Å². The molecule has 1 aliphatic heterocycles. The maximum absolute atomic E-state index is 12.0. The molecule has 1 aromatic carbocycles. The highest BCUT2D eigenvalue weighted by Crippen LogP contribution is 2.16. The van der Waals surface area contributed by atoms with E-state index in [9.17, 15) is 4.79 Å². The van der Waals surface area contributed by atoms with Gasteiger partial charge in [-0.05, 0) is 57.1 Å². The third-order valence-electron chi connectivity index (χ3n) is 4.11. The van der Waals surface area contributed by atoms with Crippen LogP contribution in [0.25, 0.3) is 0 Å². The van der Waals surface area contributed by atoms with Gasteiger partial charge in [0.2, 0.25) is 5.91 Å². The van der Waals surface area contributed by atoms with Crippen LogP contribution in [-0.4, -0.2) is 47.8 Å². The van der Waals surface area contributed by atoms with E-state index in [2.05, 4.69) is 34.9 Å². The Morgan fingerprint density at radius 2 is 1.92 bits per heavy atom. The number of thiocarbonyl (C=S) groups is 1. The minimum absolute atomic E-state index is 0.0862. The number of nitrogens with one attached hydrogen (secondary N) is 3. The van der Waals surface area contributed by atoms with Gasteiger partial charge in [-0.3, -0.25) is 20.5 Å². The Kier molecular flexibility index (Phi) is 7.16. The highest BCUT2D eigenvalue weighted by molar-refractivity contribution is 7.80. The van der Waals surface area contributed by atoms with Crippen molar-refractivity contribution in [2.75, 3.05) is 25.0 Å². The molecular formula is C18H28N4O2S. The number of ether oxygens (including phenoxy) is 1. The van der Waals surface area contributed by atoms with Gasteiger partial charge in [-0.1, -0.05) is 12.1 Å². The standard InChI is InChI=1S/C18H28N4O2S/c1-12-5-6-13(2)16(9-12)19-18(25)21-20-17(23)7-8-22-10-14(3)24-15(4)11-22/h5-6,9,14-15H,7-8,10-11H2,1-4H3,(H,20,23)(H2,19,21,25)/t14-,15-/m0/s1. The number of carbonyl (C=O) groups excluding carboxylic acids is 1. The first-order chi connectivity index (χ1) is 11.8. The van der Waals surface area contributed by atoms with E-state index in [1.807, 2.05) is 32.0 Å². The molecule has 3 N–H and O–H groups in total. The molecule has 6 nitrogen and oxygen atoms in total. The van der Waals surface area contributed by atoms with E-state index < -0.39 is 0 Å². The third kappa shape index (κ3) is 6.61. The van der Waals surface area contributed by atoms with Crippen molar-refractivity contribution in [2.45, 2.75) is 46.3 Å². The number of nitrogens with zero attached hydrogens (tertiary/aromatic N) is 1. The lowest BCUT2D eigenvalue weighted by Crippen LogP contribution is -2.48. The summed E-state index contributed by atoms with van der Waals surface area (Å²) in [6.07, 6.45) is 0.831. The van der Waals surface area contributed by atoms with Crippen molar-refractivity contribution < 1.29 is 9.53 Å². The SMILES string of the molecule is Cc1ccc(C)c(NC(=S)NNC(=O)CCN2C[C@H](C)O[C@@H](C)C2)c1. The van der Waals surface area contributed by atoms with Crippen LogP contribution in [0, 0.1) is 13.8 Å². The van der Waals surface area contributed by atoms with Gasteiger partial charge in [-0.25, -0.2) is 0 Å². The molecule has 138 valence electrons. The Balaban J connectivity index is 1.70. The quantitative estimate of drug-likeness (QED) is 0.562. The van der Waals surface area contributed by atoms with Gasteiger partial charge in [0, 0.05) is 31.7 Å².